The molecule has 44 valence electrons. The van der Waals surface area contributed by atoms with Crippen molar-refractivity contribution in [2.75, 3.05) is 6.61 Å². The standard InChI is InChI=1S/C5H10O.CH4/c1-4-6-5(2)3;/h2,4H2,1,3H3;1H4. The van der Waals surface area contributed by atoms with Crippen LogP contribution in [0.2, 0.25) is 0 Å². The van der Waals surface area contributed by atoms with Gasteiger partial charge in [0.25, 0.3) is 0 Å². The van der Waals surface area contributed by atoms with Gasteiger partial charge in [-0.15, -0.1) is 0 Å². The Morgan fingerprint density at radius 3 is 2.14 bits per heavy atom. The Balaban J connectivity index is 0. The lowest BCUT2D eigenvalue weighted by Crippen LogP contribution is -1.81. The summed E-state index contributed by atoms with van der Waals surface area (Å²) in [7, 11) is 0. The Morgan fingerprint density at radius 2 is 2.14 bits per heavy atom. The average molecular weight is 102 g/mol. The van der Waals surface area contributed by atoms with Crippen molar-refractivity contribution < 1.29 is 4.74 Å². The summed E-state index contributed by atoms with van der Waals surface area (Å²) >= 11 is 0. The van der Waals surface area contributed by atoms with Gasteiger partial charge in [-0.3, -0.25) is 0 Å². The Morgan fingerprint density at radius 1 is 1.71 bits per heavy atom. The molecule has 0 heterocycles. The van der Waals surface area contributed by atoms with Gasteiger partial charge >= 0.3 is 0 Å². The molecule has 0 aliphatic carbocycles. The van der Waals surface area contributed by atoms with E-state index in [1.54, 1.807) is 0 Å². The number of allylic oxidation sites excluding steroid dienone is 1. The Bertz CT molecular complexity index is 48.1. The van der Waals surface area contributed by atoms with Crippen molar-refractivity contribution in [3.8, 4) is 0 Å². The summed E-state index contributed by atoms with van der Waals surface area (Å²) in [4.78, 5) is 0. The van der Waals surface area contributed by atoms with Gasteiger partial charge in [-0.1, -0.05) is 14.0 Å². The maximum Gasteiger partial charge on any atom is 0.0857 e. The van der Waals surface area contributed by atoms with Crippen LogP contribution in [0.3, 0.4) is 0 Å². The van der Waals surface area contributed by atoms with Crippen LogP contribution >= 0.6 is 0 Å². The van der Waals surface area contributed by atoms with E-state index in [2.05, 4.69) is 6.58 Å². The van der Waals surface area contributed by atoms with Crippen molar-refractivity contribution in [1.82, 2.24) is 0 Å². The van der Waals surface area contributed by atoms with E-state index >= 15 is 0 Å². The molecule has 0 aliphatic heterocycles. The zero-order chi connectivity index (χ0) is 4.99. The fourth-order valence-corrected chi connectivity index (χ4v) is 0.246. The molecule has 1 nitrogen and oxygen atoms in total. The molecule has 0 bridgehead atoms. The molecule has 0 amide bonds. The van der Waals surface area contributed by atoms with Crippen LogP contribution in [-0.2, 0) is 4.74 Å². The van der Waals surface area contributed by atoms with Gasteiger partial charge in [-0.25, -0.2) is 0 Å². The minimum Gasteiger partial charge on any atom is -0.499 e. The van der Waals surface area contributed by atoms with Gasteiger partial charge in [0.15, 0.2) is 0 Å². The van der Waals surface area contributed by atoms with Crippen LogP contribution in [0, 0.1) is 0 Å². The summed E-state index contributed by atoms with van der Waals surface area (Å²) in [5.74, 6) is 0.789. The monoisotopic (exact) mass is 102 g/mol. The van der Waals surface area contributed by atoms with Crippen molar-refractivity contribution in [2.24, 2.45) is 0 Å². The first-order chi connectivity index (χ1) is 2.77. The van der Waals surface area contributed by atoms with E-state index in [1.165, 1.54) is 0 Å². The second-order valence-electron chi connectivity index (χ2n) is 1.14. The van der Waals surface area contributed by atoms with E-state index in [0.717, 1.165) is 12.4 Å². The third-order valence-electron chi connectivity index (χ3n) is 0.391. The molecule has 7 heavy (non-hydrogen) atoms. The molecular formula is C6H14O. The second-order valence-corrected chi connectivity index (χ2v) is 1.14. The minimum atomic E-state index is 0. The molecule has 0 aromatic carbocycles. The molecule has 1 heteroatoms. The Hall–Kier alpha value is -0.460. The second kappa shape index (κ2) is 5.54. The summed E-state index contributed by atoms with van der Waals surface area (Å²) in [6.45, 7) is 8.03. The van der Waals surface area contributed by atoms with E-state index in [4.69, 9.17) is 4.74 Å². The van der Waals surface area contributed by atoms with Crippen molar-refractivity contribution >= 4 is 0 Å². The van der Waals surface area contributed by atoms with E-state index in [0.29, 0.717) is 0 Å². The lowest BCUT2D eigenvalue weighted by molar-refractivity contribution is 0.233. The van der Waals surface area contributed by atoms with Crippen LogP contribution in [0.1, 0.15) is 21.3 Å². The van der Waals surface area contributed by atoms with Gasteiger partial charge in [0.05, 0.1) is 12.4 Å². The molecule has 0 rings (SSSR count). The van der Waals surface area contributed by atoms with Crippen molar-refractivity contribution in [2.45, 2.75) is 21.3 Å². The van der Waals surface area contributed by atoms with Crippen molar-refractivity contribution in [3.63, 3.8) is 0 Å². The lowest BCUT2D eigenvalue weighted by atomic mass is 10.6. The van der Waals surface area contributed by atoms with Crippen LogP contribution in [0.25, 0.3) is 0 Å². The zero-order valence-corrected chi connectivity index (χ0v) is 4.32. The maximum atomic E-state index is 4.85. The topological polar surface area (TPSA) is 9.23 Å². The van der Waals surface area contributed by atoms with Gasteiger partial charge in [-0.2, -0.15) is 0 Å². The van der Waals surface area contributed by atoms with Gasteiger partial charge in [0, 0.05) is 0 Å². The summed E-state index contributed by atoms with van der Waals surface area (Å²) in [5, 5.41) is 0. The molecule has 0 unspecified atom stereocenters. The molecule has 0 saturated carbocycles. The normalized spacial score (nSPS) is 6.57. The van der Waals surface area contributed by atoms with Gasteiger partial charge in [-0.05, 0) is 13.8 Å². The average Bonchev–Trinajstić information content (AvgIpc) is 1.35. The number of hydrogen-bond acceptors (Lipinski definition) is 1. The predicted octanol–water partition coefficient (Wildman–Crippen LogP) is 2.19. The highest BCUT2D eigenvalue weighted by Crippen LogP contribution is 1.85. The Labute approximate surface area is 46.0 Å². The third kappa shape index (κ3) is 10.8. The first kappa shape index (κ1) is 9.74. The van der Waals surface area contributed by atoms with Crippen LogP contribution in [0.15, 0.2) is 12.3 Å². The minimum absolute atomic E-state index is 0. The largest absolute Gasteiger partial charge is 0.499 e. The summed E-state index contributed by atoms with van der Waals surface area (Å²) < 4.78 is 4.85. The molecule has 0 radical (unpaired) electrons. The Kier molecular flexibility index (Phi) is 7.71. The zero-order valence-electron chi connectivity index (χ0n) is 4.32. The highest BCUT2D eigenvalue weighted by Gasteiger charge is 1.73. The van der Waals surface area contributed by atoms with Crippen LogP contribution in [0.4, 0.5) is 0 Å². The maximum absolute atomic E-state index is 4.85. The van der Waals surface area contributed by atoms with E-state index < -0.39 is 0 Å². The van der Waals surface area contributed by atoms with Gasteiger partial charge in [0.1, 0.15) is 0 Å². The van der Waals surface area contributed by atoms with Crippen LogP contribution < -0.4 is 0 Å². The number of hydrogen-bond donors (Lipinski definition) is 0. The van der Waals surface area contributed by atoms with E-state index in [1.807, 2.05) is 13.8 Å². The smallest absolute Gasteiger partial charge is 0.0857 e. The molecule has 0 atom stereocenters. The lowest BCUT2D eigenvalue weighted by Gasteiger charge is -1.95. The molecule has 0 aromatic rings. The number of rotatable bonds is 2. The summed E-state index contributed by atoms with van der Waals surface area (Å²) in [6, 6.07) is 0. The molecular weight excluding hydrogens is 88.1 g/mol. The van der Waals surface area contributed by atoms with Gasteiger partial charge < -0.3 is 4.74 Å². The first-order valence-electron chi connectivity index (χ1n) is 2.05. The van der Waals surface area contributed by atoms with Crippen molar-refractivity contribution in [1.29, 1.82) is 0 Å². The van der Waals surface area contributed by atoms with Gasteiger partial charge in [0.2, 0.25) is 0 Å². The van der Waals surface area contributed by atoms with Crippen LogP contribution in [-0.4, -0.2) is 6.61 Å². The third-order valence-corrected chi connectivity index (χ3v) is 0.391. The highest BCUT2D eigenvalue weighted by molar-refractivity contribution is 4.72. The SMILES string of the molecule is C.C=C(C)OCC. The van der Waals surface area contributed by atoms with Crippen molar-refractivity contribution in [3.05, 3.63) is 12.3 Å². The summed E-state index contributed by atoms with van der Waals surface area (Å²) in [6.07, 6.45) is 0. The first-order valence-corrected chi connectivity index (χ1v) is 2.05. The predicted molar refractivity (Wildman–Crippen MR) is 33.2 cm³/mol. The summed E-state index contributed by atoms with van der Waals surface area (Å²) in [5.41, 5.74) is 0. The van der Waals surface area contributed by atoms with E-state index in [-0.39, 0.29) is 7.43 Å². The number of ether oxygens (including phenoxy) is 1. The van der Waals surface area contributed by atoms with Crippen LogP contribution in [0.5, 0.6) is 0 Å². The molecule has 0 aliphatic rings. The molecule has 0 spiro atoms. The molecule has 0 fully saturated rings. The molecule has 0 aromatic heterocycles. The highest BCUT2D eigenvalue weighted by atomic mass is 16.5. The fourth-order valence-electron chi connectivity index (χ4n) is 0.246. The quantitative estimate of drug-likeness (QED) is 0.485. The van der Waals surface area contributed by atoms with E-state index in [9.17, 15) is 0 Å². The molecule has 0 N–H and O–H groups in total. The molecule has 0 saturated heterocycles. The fraction of sp³-hybridized carbons (Fsp3) is 0.667.